The van der Waals surface area contributed by atoms with E-state index in [1.807, 2.05) is 54.6 Å². The van der Waals surface area contributed by atoms with E-state index < -0.39 is 6.04 Å². The third kappa shape index (κ3) is 4.75. The van der Waals surface area contributed by atoms with E-state index in [-0.39, 0.29) is 36.7 Å². The molecule has 2 saturated heterocycles. The molecule has 2 aromatic carbocycles. The maximum atomic E-state index is 13.4. The fourth-order valence-corrected chi connectivity index (χ4v) is 4.42. The van der Waals surface area contributed by atoms with E-state index in [4.69, 9.17) is 4.74 Å². The van der Waals surface area contributed by atoms with Gasteiger partial charge in [-0.05, 0) is 42.0 Å². The summed E-state index contributed by atoms with van der Waals surface area (Å²) in [5.74, 6) is -0.414. The zero-order valence-corrected chi connectivity index (χ0v) is 18.7. The van der Waals surface area contributed by atoms with Crippen LogP contribution in [0.15, 0.2) is 54.6 Å². The fourth-order valence-electron chi connectivity index (χ4n) is 4.42. The minimum Gasteiger partial charge on any atom is -0.376 e. The van der Waals surface area contributed by atoms with Crippen LogP contribution in [0.2, 0.25) is 0 Å². The van der Waals surface area contributed by atoms with Gasteiger partial charge in [-0.2, -0.15) is 0 Å². The standard InChI is InChI=1S/C26H30N2O4/c1-18(2)20-10-12-21(13-11-20)28-25(30)16-23(26(28)31)27(17-22-9-6-14-32-22)24(29)15-19-7-4-3-5-8-19/h3-5,7-8,10-13,18,22-23H,6,9,14-17H2,1-2H3. The number of benzene rings is 2. The van der Waals surface area contributed by atoms with Gasteiger partial charge in [-0.1, -0.05) is 56.3 Å². The fraction of sp³-hybridized carbons (Fsp3) is 0.423. The van der Waals surface area contributed by atoms with E-state index in [0.29, 0.717) is 24.8 Å². The van der Waals surface area contributed by atoms with E-state index in [1.54, 1.807) is 4.90 Å². The first-order valence-corrected chi connectivity index (χ1v) is 11.4. The average Bonchev–Trinajstić information content (AvgIpc) is 3.40. The maximum Gasteiger partial charge on any atom is 0.257 e. The Balaban J connectivity index is 1.56. The smallest absolute Gasteiger partial charge is 0.257 e. The summed E-state index contributed by atoms with van der Waals surface area (Å²) < 4.78 is 5.75. The molecule has 32 heavy (non-hydrogen) atoms. The maximum absolute atomic E-state index is 13.4. The quantitative estimate of drug-likeness (QED) is 0.624. The summed E-state index contributed by atoms with van der Waals surface area (Å²) in [5, 5.41) is 0. The van der Waals surface area contributed by atoms with Crippen molar-refractivity contribution in [3.63, 3.8) is 0 Å². The summed E-state index contributed by atoms with van der Waals surface area (Å²) >= 11 is 0. The molecule has 168 valence electrons. The SMILES string of the molecule is CC(C)c1ccc(N2C(=O)CC(N(CC3CCCO3)C(=O)Cc3ccccc3)C2=O)cc1. The lowest BCUT2D eigenvalue weighted by Gasteiger charge is -2.30. The Bertz CT molecular complexity index is 965. The minimum atomic E-state index is -0.798. The number of imide groups is 1. The molecular weight excluding hydrogens is 404 g/mol. The highest BCUT2D eigenvalue weighted by Crippen LogP contribution is 2.28. The summed E-state index contributed by atoms with van der Waals surface area (Å²) in [6.45, 7) is 5.18. The van der Waals surface area contributed by atoms with Gasteiger partial charge in [0.25, 0.3) is 5.91 Å². The molecule has 0 N–H and O–H groups in total. The first-order chi connectivity index (χ1) is 15.4. The van der Waals surface area contributed by atoms with Gasteiger partial charge in [-0.25, -0.2) is 4.90 Å². The van der Waals surface area contributed by atoms with Gasteiger partial charge in [0.2, 0.25) is 11.8 Å². The van der Waals surface area contributed by atoms with E-state index in [2.05, 4.69) is 13.8 Å². The zero-order chi connectivity index (χ0) is 22.7. The van der Waals surface area contributed by atoms with Crippen LogP contribution < -0.4 is 4.90 Å². The molecule has 6 nitrogen and oxygen atoms in total. The van der Waals surface area contributed by atoms with Crippen LogP contribution in [0.3, 0.4) is 0 Å². The largest absolute Gasteiger partial charge is 0.376 e. The summed E-state index contributed by atoms with van der Waals surface area (Å²) in [6.07, 6.45) is 1.88. The van der Waals surface area contributed by atoms with Crippen LogP contribution in [0.1, 0.15) is 50.2 Å². The highest BCUT2D eigenvalue weighted by molar-refractivity contribution is 6.23. The topological polar surface area (TPSA) is 66.9 Å². The van der Waals surface area contributed by atoms with Crippen LogP contribution in [-0.2, 0) is 25.5 Å². The summed E-state index contributed by atoms with van der Waals surface area (Å²) in [7, 11) is 0. The molecule has 2 aliphatic heterocycles. The van der Waals surface area contributed by atoms with Crippen LogP contribution in [0.25, 0.3) is 0 Å². The first-order valence-electron chi connectivity index (χ1n) is 11.4. The molecule has 2 heterocycles. The van der Waals surface area contributed by atoms with E-state index in [9.17, 15) is 14.4 Å². The van der Waals surface area contributed by atoms with E-state index in [0.717, 1.165) is 24.0 Å². The van der Waals surface area contributed by atoms with Crippen molar-refractivity contribution in [3.05, 3.63) is 65.7 Å². The molecule has 0 aliphatic carbocycles. The van der Waals surface area contributed by atoms with Gasteiger partial charge < -0.3 is 9.64 Å². The molecule has 4 rings (SSSR count). The van der Waals surface area contributed by atoms with Crippen molar-refractivity contribution >= 4 is 23.4 Å². The number of hydrogen-bond acceptors (Lipinski definition) is 4. The second kappa shape index (κ2) is 9.65. The molecule has 2 unspecified atom stereocenters. The molecule has 2 aliphatic rings. The molecule has 0 radical (unpaired) electrons. The average molecular weight is 435 g/mol. The highest BCUT2D eigenvalue weighted by Gasteiger charge is 2.45. The van der Waals surface area contributed by atoms with E-state index in [1.165, 1.54) is 4.90 Å². The Morgan fingerprint density at radius 3 is 2.44 bits per heavy atom. The van der Waals surface area contributed by atoms with Crippen LogP contribution >= 0.6 is 0 Å². The number of rotatable bonds is 7. The number of ether oxygens (including phenoxy) is 1. The third-order valence-electron chi connectivity index (χ3n) is 6.26. The molecular formula is C26H30N2O4. The number of carbonyl (C=O) groups is 3. The highest BCUT2D eigenvalue weighted by atomic mass is 16.5. The monoisotopic (exact) mass is 434 g/mol. The first kappa shape index (κ1) is 22.2. The number of hydrogen-bond donors (Lipinski definition) is 0. The Morgan fingerprint density at radius 1 is 1.09 bits per heavy atom. The second-order valence-corrected chi connectivity index (χ2v) is 8.88. The number of amides is 3. The lowest BCUT2D eigenvalue weighted by atomic mass is 10.0. The van der Waals surface area contributed by atoms with Crippen molar-refractivity contribution < 1.29 is 19.1 Å². The lowest BCUT2D eigenvalue weighted by Crippen LogP contribution is -2.49. The molecule has 2 atom stereocenters. The van der Waals surface area contributed by atoms with Crippen molar-refractivity contribution in [1.29, 1.82) is 0 Å². The predicted octanol–water partition coefficient (Wildman–Crippen LogP) is 3.69. The molecule has 0 aromatic heterocycles. The van der Waals surface area contributed by atoms with Gasteiger partial charge >= 0.3 is 0 Å². The lowest BCUT2D eigenvalue weighted by molar-refractivity contribution is -0.139. The normalized spacial score (nSPS) is 20.9. The molecule has 2 aromatic rings. The second-order valence-electron chi connectivity index (χ2n) is 8.88. The van der Waals surface area contributed by atoms with Crippen LogP contribution in [0, 0.1) is 0 Å². The molecule has 0 saturated carbocycles. The number of carbonyl (C=O) groups excluding carboxylic acids is 3. The van der Waals surface area contributed by atoms with E-state index >= 15 is 0 Å². The van der Waals surface area contributed by atoms with Crippen LogP contribution in [0.5, 0.6) is 0 Å². The van der Waals surface area contributed by atoms with Gasteiger partial charge in [0, 0.05) is 13.2 Å². The van der Waals surface area contributed by atoms with Crippen molar-refractivity contribution in [3.8, 4) is 0 Å². The summed E-state index contributed by atoms with van der Waals surface area (Å²) in [5.41, 5.74) is 2.58. The van der Waals surface area contributed by atoms with Gasteiger partial charge in [-0.15, -0.1) is 0 Å². The van der Waals surface area contributed by atoms with Gasteiger partial charge in [0.05, 0.1) is 24.6 Å². The molecule has 3 amide bonds. The zero-order valence-electron chi connectivity index (χ0n) is 18.7. The Labute approximate surface area is 189 Å². The Morgan fingerprint density at radius 2 is 1.81 bits per heavy atom. The van der Waals surface area contributed by atoms with Gasteiger partial charge in [0.15, 0.2) is 0 Å². The molecule has 6 heteroatoms. The third-order valence-corrected chi connectivity index (χ3v) is 6.26. The Hall–Kier alpha value is -2.99. The summed E-state index contributed by atoms with van der Waals surface area (Å²) in [4.78, 5) is 42.3. The predicted molar refractivity (Wildman–Crippen MR) is 122 cm³/mol. The van der Waals surface area contributed by atoms with Crippen molar-refractivity contribution in [2.24, 2.45) is 0 Å². The Kier molecular flexibility index (Phi) is 6.70. The molecule has 0 spiro atoms. The molecule has 0 bridgehead atoms. The number of anilines is 1. The summed E-state index contributed by atoms with van der Waals surface area (Å²) in [6, 6.07) is 16.2. The van der Waals surface area contributed by atoms with Crippen LogP contribution in [0.4, 0.5) is 5.69 Å². The van der Waals surface area contributed by atoms with Crippen molar-refractivity contribution in [2.45, 2.75) is 57.6 Å². The van der Waals surface area contributed by atoms with Gasteiger partial charge in [0.1, 0.15) is 6.04 Å². The minimum absolute atomic E-state index is 0.00197. The number of nitrogens with zero attached hydrogens (tertiary/aromatic N) is 2. The van der Waals surface area contributed by atoms with Crippen molar-refractivity contribution in [1.82, 2.24) is 4.90 Å². The van der Waals surface area contributed by atoms with Crippen LogP contribution in [-0.4, -0.2) is 47.9 Å². The van der Waals surface area contributed by atoms with Crippen molar-refractivity contribution in [2.75, 3.05) is 18.1 Å². The molecule has 2 fully saturated rings. The van der Waals surface area contributed by atoms with Gasteiger partial charge in [-0.3, -0.25) is 14.4 Å².